The van der Waals surface area contributed by atoms with Gasteiger partial charge in [-0.1, -0.05) is 19.1 Å². The molecule has 0 amide bonds. The SMILES string of the molecule is CCC(=O)c1ccc(Nc2cc(-c3ccc4cnn(C(=O)OC(C)(C)C)c4c3)nc(N3CCOCC3)n2)cn1. The summed E-state index contributed by atoms with van der Waals surface area (Å²) in [6.07, 6.45) is 3.10. The van der Waals surface area contributed by atoms with E-state index in [1.165, 1.54) is 4.68 Å². The molecule has 202 valence electrons. The van der Waals surface area contributed by atoms with Crippen LogP contribution in [0.5, 0.6) is 0 Å². The summed E-state index contributed by atoms with van der Waals surface area (Å²) in [5.41, 5.74) is 2.54. The molecule has 39 heavy (non-hydrogen) atoms. The lowest BCUT2D eigenvalue weighted by Gasteiger charge is -2.27. The zero-order valence-electron chi connectivity index (χ0n) is 22.5. The highest BCUT2D eigenvalue weighted by atomic mass is 16.6. The average molecular weight is 530 g/mol. The Morgan fingerprint density at radius 3 is 2.54 bits per heavy atom. The monoisotopic (exact) mass is 529 g/mol. The van der Waals surface area contributed by atoms with Crippen molar-refractivity contribution in [1.82, 2.24) is 24.7 Å². The lowest BCUT2D eigenvalue weighted by molar-refractivity contribution is 0.0522. The topological polar surface area (TPSA) is 124 Å². The maximum Gasteiger partial charge on any atom is 0.435 e. The number of rotatable bonds is 6. The van der Waals surface area contributed by atoms with Crippen LogP contribution in [0.2, 0.25) is 0 Å². The molecule has 11 nitrogen and oxygen atoms in total. The number of ether oxygens (including phenoxy) is 2. The van der Waals surface area contributed by atoms with Gasteiger partial charge >= 0.3 is 6.09 Å². The van der Waals surface area contributed by atoms with Crippen molar-refractivity contribution in [2.24, 2.45) is 0 Å². The Labute approximate surface area is 226 Å². The Morgan fingerprint density at radius 2 is 1.85 bits per heavy atom. The van der Waals surface area contributed by atoms with E-state index in [0.717, 1.165) is 10.9 Å². The number of pyridine rings is 1. The van der Waals surface area contributed by atoms with E-state index in [1.807, 2.05) is 52.0 Å². The zero-order chi connectivity index (χ0) is 27.6. The highest BCUT2D eigenvalue weighted by Gasteiger charge is 2.21. The summed E-state index contributed by atoms with van der Waals surface area (Å²) in [5, 5.41) is 8.34. The highest BCUT2D eigenvalue weighted by molar-refractivity contribution is 5.94. The summed E-state index contributed by atoms with van der Waals surface area (Å²) < 4.78 is 12.3. The normalized spacial score (nSPS) is 13.9. The molecule has 11 heteroatoms. The Balaban J connectivity index is 1.52. The summed E-state index contributed by atoms with van der Waals surface area (Å²) in [7, 11) is 0. The Morgan fingerprint density at radius 1 is 1.05 bits per heavy atom. The number of anilines is 3. The molecule has 1 fully saturated rings. The molecule has 3 aromatic heterocycles. The van der Waals surface area contributed by atoms with E-state index in [4.69, 9.17) is 19.4 Å². The number of carbonyl (C=O) groups is 2. The Hall–Kier alpha value is -4.38. The first kappa shape index (κ1) is 26.2. The van der Waals surface area contributed by atoms with E-state index in [0.29, 0.717) is 67.1 Å². The fourth-order valence-electron chi connectivity index (χ4n) is 4.14. The molecule has 4 aromatic rings. The maximum absolute atomic E-state index is 12.8. The first-order chi connectivity index (χ1) is 18.7. The standard InChI is InChI=1S/C28H31N7O4/c1-5-24(36)21-9-8-20(17-29-21)31-25-15-22(32-26(33-25)34-10-12-38-13-11-34)18-6-7-19-16-30-35(23(19)14-18)27(37)39-28(2,3)4/h6-9,14-17H,5,10-13H2,1-4H3,(H,31,32,33). The lowest BCUT2D eigenvalue weighted by atomic mass is 10.1. The van der Waals surface area contributed by atoms with E-state index in [1.54, 1.807) is 24.5 Å². The Kier molecular flexibility index (Phi) is 7.25. The zero-order valence-corrected chi connectivity index (χ0v) is 22.5. The molecule has 1 aliphatic rings. The summed E-state index contributed by atoms with van der Waals surface area (Å²) in [5.74, 6) is 1.12. The van der Waals surface area contributed by atoms with Gasteiger partial charge < -0.3 is 19.7 Å². The third-order valence-corrected chi connectivity index (χ3v) is 6.08. The summed E-state index contributed by atoms with van der Waals surface area (Å²) in [6.45, 7) is 9.78. The predicted molar refractivity (Wildman–Crippen MR) is 148 cm³/mol. The van der Waals surface area contributed by atoms with E-state index < -0.39 is 11.7 Å². The van der Waals surface area contributed by atoms with Gasteiger partial charge in [0.1, 0.15) is 17.1 Å². The molecule has 0 spiro atoms. The van der Waals surface area contributed by atoms with Crippen molar-refractivity contribution in [3.8, 4) is 11.3 Å². The van der Waals surface area contributed by atoms with E-state index in [9.17, 15) is 9.59 Å². The van der Waals surface area contributed by atoms with Crippen LogP contribution in [-0.4, -0.2) is 68.5 Å². The molecule has 1 saturated heterocycles. The molecule has 4 heterocycles. The van der Waals surface area contributed by atoms with Gasteiger partial charge in [-0.05, 0) is 39.0 Å². The van der Waals surface area contributed by atoms with Crippen molar-refractivity contribution in [3.05, 3.63) is 54.5 Å². The third-order valence-electron chi connectivity index (χ3n) is 6.08. The number of morpholine rings is 1. The van der Waals surface area contributed by atoms with Crippen LogP contribution in [-0.2, 0) is 9.47 Å². The highest BCUT2D eigenvalue weighted by Crippen LogP contribution is 2.28. The maximum atomic E-state index is 12.8. The van der Waals surface area contributed by atoms with Crippen molar-refractivity contribution in [3.63, 3.8) is 0 Å². The number of carbonyl (C=O) groups excluding carboxylic acids is 2. The number of benzene rings is 1. The summed E-state index contributed by atoms with van der Waals surface area (Å²) in [4.78, 5) is 40.7. The third kappa shape index (κ3) is 6.04. The van der Waals surface area contributed by atoms with Gasteiger partial charge in [-0.2, -0.15) is 14.8 Å². The second-order valence-electron chi connectivity index (χ2n) is 10.2. The quantitative estimate of drug-likeness (QED) is 0.347. The van der Waals surface area contributed by atoms with Gasteiger partial charge in [0.2, 0.25) is 5.95 Å². The number of nitrogens with zero attached hydrogens (tertiary/aromatic N) is 6. The van der Waals surface area contributed by atoms with E-state index in [2.05, 4.69) is 20.3 Å². The number of fused-ring (bicyclic) bond motifs is 1. The minimum Gasteiger partial charge on any atom is -0.442 e. The van der Waals surface area contributed by atoms with Gasteiger partial charge in [-0.15, -0.1) is 0 Å². The molecule has 5 rings (SSSR count). The number of Topliss-reactive ketones (excluding diaryl/α,β-unsaturated/α-hetero) is 1. The molecular weight excluding hydrogens is 498 g/mol. The molecular formula is C28H31N7O4. The molecule has 0 saturated carbocycles. The molecule has 1 N–H and O–H groups in total. The molecule has 1 aliphatic heterocycles. The van der Waals surface area contributed by atoms with Crippen LogP contribution in [0.4, 0.5) is 22.2 Å². The van der Waals surface area contributed by atoms with Crippen molar-refractivity contribution in [2.75, 3.05) is 36.5 Å². The van der Waals surface area contributed by atoms with Crippen LogP contribution in [0.1, 0.15) is 44.6 Å². The number of aromatic nitrogens is 5. The van der Waals surface area contributed by atoms with Gasteiger partial charge in [0.25, 0.3) is 0 Å². The van der Waals surface area contributed by atoms with Crippen LogP contribution in [0, 0.1) is 0 Å². The molecule has 0 unspecified atom stereocenters. The van der Waals surface area contributed by atoms with Crippen LogP contribution in [0.15, 0.2) is 48.8 Å². The minimum absolute atomic E-state index is 0.0125. The summed E-state index contributed by atoms with van der Waals surface area (Å²) >= 11 is 0. The van der Waals surface area contributed by atoms with Gasteiger partial charge in [0.15, 0.2) is 5.78 Å². The van der Waals surface area contributed by atoms with Crippen LogP contribution >= 0.6 is 0 Å². The van der Waals surface area contributed by atoms with Crippen molar-refractivity contribution < 1.29 is 19.1 Å². The first-order valence-corrected chi connectivity index (χ1v) is 12.9. The smallest absolute Gasteiger partial charge is 0.435 e. The first-order valence-electron chi connectivity index (χ1n) is 12.9. The van der Waals surface area contributed by atoms with Crippen LogP contribution in [0.3, 0.4) is 0 Å². The number of hydrogen-bond acceptors (Lipinski definition) is 10. The number of hydrogen-bond donors (Lipinski definition) is 1. The van der Waals surface area contributed by atoms with E-state index in [-0.39, 0.29) is 5.78 Å². The number of ketones is 1. The fourth-order valence-corrected chi connectivity index (χ4v) is 4.14. The Bertz CT molecular complexity index is 1500. The molecule has 0 aliphatic carbocycles. The van der Waals surface area contributed by atoms with Gasteiger partial charge in [0, 0.05) is 36.5 Å². The van der Waals surface area contributed by atoms with Gasteiger partial charge in [-0.25, -0.2) is 9.78 Å². The van der Waals surface area contributed by atoms with E-state index >= 15 is 0 Å². The fraction of sp³-hybridized carbons (Fsp3) is 0.357. The van der Waals surface area contributed by atoms with Crippen LogP contribution < -0.4 is 10.2 Å². The van der Waals surface area contributed by atoms with Crippen molar-refractivity contribution in [2.45, 2.75) is 39.7 Å². The van der Waals surface area contributed by atoms with Gasteiger partial charge in [0.05, 0.1) is 42.5 Å². The van der Waals surface area contributed by atoms with Gasteiger partial charge in [-0.3, -0.25) is 9.78 Å². The van der Waals surface area contributed by atoms with Crippen LogP contribution in [0.25, 0.3) is 22.2 Å². The largest absolute Gasteiger partial charge is 0.442 e. The second-order valence-corrected chi connectivity index (χ2v) is 10.2. The number of nitrogens with one attached hydrogen (secondary N) is 1. The minimum atomic E-state index is -0.649. The molecule has 0 atom stereocenters. The second kappa shape index (κ2) is 10.8. The lowest BCUT2D eigenvalue weighted by Crippen LogP contribution is -2.37. The van der Waals surface area contributed by atoms with Crippen molar-refractivity contribution >= 4 is 40.2 Å². The molecule has 0 bridgehead atoms. The summed E-state index contributed by atoms with van der Waals surface area (Å²) in [6, 6.07) is 11.0. The predicted octanol–water partition coefficient (Wildman–Crippen LogP) is 4.84. The molecule has 1 aromatic carbocycles. The van der Waals surface area contributed by atoms with Crippen molar-refractivity contribution in [1.29, 1.82) is 0 Å². The average Bonchev–Trinajstić information content (AvgIpc) is 3.36. The molecule has 0 radical (unpaired) electrons.